The minimum Gasteiger partial charge on any atom is -1.00 e. The van der Waals surface area contributed by atoms with Crippen LogP contribution in [-0.4, -0.2) is 0 Å². The van der Waals surface area contributed by atoms with Gasteiger partial charge in [0.1, 0.15) is 0 Å². The Morgan fingerprint density at radius 2 is 1.76 bits per heavy atom. The van der Waals surface area contributed by atoms with Gasteiger partial charge in [0.25, 0.3) is 0 Å². The molecule has 3 rings (SSSR count). The minimum atomic E-state index is -1.53. The summed E-state index contributed by atoms with van der Waals surface area (Å²) in [6.45, 7) is 7.00. The quantitative estimate of drug-likeness (QED) is 0.639. The van der Waals surface area contributed by atoms with Gasteiger partial charge in [-0.1, -0.05) is 0 Å². The van der Waals surface area contributed by atoms with Gasteiger partial charge in [0.15, 0.2) is 0 Å². The number of hydrogen-bond acceptors (Lipinski definition) is 0. The van der Waals surface area contributed by atoms with E-state index in [0.717, 1.165) is 3.63 Å². The SMILES string of the molecule is C[CH2][Zr+2]([C]1=Cc2cc(C)ccc2C1C)[CH]1C=CC=C1.[Cl-].[Cl-]. The molecule has 0 radical (unpaired) electrons. The molecule has 0 N–H and O–H groups in total. The van der Waals surface area contributed by atoms with Crippen molar-refractivity contribution in [3.63, 3.8) is 0 Å². The van der Waals surface area contributed by atoms with Crippen molar-refractivity contribution in [1.29, 1.82) is 0 Å². The molecule has 1 aromatic carbocycles. The molecule has 1 unspecified atom stereocenters. The number of fused-ring (bicyclic) bond motifs is 1. The Kier molecular flexibility index (Phi) is 7.18. The van der Waals surface area contributed by atoms with Gasteiger partial charge in [-0.25, -0.2) is 0 Å². The summed E-state index contributed by atoms with van der Waals surface area (Å²) in [6, 6.07) is 6.96. The molecule has 0 saturated carbocycles. The number of aryl methyl sites for hydroxylation is 1. The Hall–Kier alpha value is -0.0969. The molecule has 0 saturated heterocycles. The van der Waals surface area contributed by atoms with Gasteiger partial charge < -0.3 is 24.8 Å². The van der Waals surface area contributed by atoms with Gasteiger partial charge in [-0.15, -0.1) is 0 Å². The van der Waals surface area contributed by atoms with Crippen molar-refractivity contribution in [2.24, 2.45) is 0 Å². The molecule has 0 fully saturated rings. The fourth-order valence-corrected chi connectivity index (χ4v) is 10.7. The minimum absolute atomic E-state index is 0. The summed E-state index contributed by atoms with van der Waals surface area (Å²) in [4.78, 5) is 0. The predicted octanol–water partition coefficient (Wildman–Crippen LogP) is -0.568. The molecule has 3 heteroatoms. The Morgan fingerprint density at radius 1 is 1.10 bits per heavy atom. The maximum absolute atomic E-state index is 2.53. The van der Waals surface area contributed by atoms with Crippen LogP contribution in [0.25, 0.3) is 6.08 Å². The van der Waals surface area contributed by atoms with Crippen LogP contribution >= 0.6 is 0 Å². The molecule has 21 heavy (non-hydrogen) atoms. The molecule has 0 aromatic heterocycles. The number of hydrogen-bond donors (Lipinski definition) is 0. The Morgan fingerprint density at radius 3 is 2.38 bits per heavy atom. The van der Waals surface area contributed by atoms with Crippen LogP contribution in [0.5, 0.6) is 0 Å². The van der Waals surface area contributed by atoms with Crippen LogP contribution in [0.1, 0.15) is 36.5 Å². The largest absolute Gasteiger partial charge is 1.00 e. The molecule has 2 aliphatic carbocycles. The van der Waals surface area contributed by atoms with Crippen LogP contribution in [0.2, 0.25) is 7.75 Å². The van der Waals surface area contributed by atoms with Crippen LogP contribution in [0.15, 0.2) is 45.8 Å². The number of halogens is 2. The molecular formula is C18H21Cl2Zr. The third-order valence-electron chi connectivity index (χ3n) is 4.39. The summed E-state index contributed by atoms with van der Waals surface area (Å²) >= 11 is -1.53. The maximum Gasteiger partial charge on any atom is -1.00 e. The van der Waals surface area contributed by atoms with Crippen molar-refractivity contribution in [3.05, 3.63) is 62.5 Å². The molecule has 0 aliphatic heterocycles. The zero-order valence-corrected chi connectivity index (χ0v) is 16.7. The number of benzene rings is 1. The summed E-state index contributed by atoms with van der Waals surface area (Å²) < 4.78 is 4.01. The van der Waals surface area contributed by atoms with Crippen molar-refractivity contribution in [2.45, 2.75) is 34.4 Å². The van der Waals surface area contributed by atoms with Gasteiger partial charge in [0, 0.05) is 0 Å². The van der Waals surface area contributed by atoms with Crippen LogP contribution in [-0.2, 0) is 21.8 Å². The zero-order chi connectivity index (χ0) is 13.4. The van der Waals surface area contributed by atoms with E-state index >= 15 is 0 Å². The van der Waals surface area contributed by atoms with Crippen molar-refractivity contribution in [3.8, 4) is 0 Å². The van der Waals surface area contributed by atoms with E-state index in [9.17, 15) is 0 Å². The van der Waals surface area contributed by atoms with Crippen molar-refractivity contribution in [1.82, 2.24) is 0 Å². The maximum atomic E-state index is 2.53. The fraction of sp³-hybridized carbons (Fsp3) is 0.333. The Labute approximate surface area is 148 Å². The van der Waals surface area contributed by atoms with Gasteiger partial charge >= 0.3 is 125 Å². The summed E-state index contributed by atoms with van der Waals surface area (Å²) in [6.07, 6.45) is 11.9. The Balaban J connectivity index is 0.00000110. The molecule has 1 atom stereocenters. The smallest absolute Gasteiger partial charge is 1.00 e. The van der Waals surface area contributed by atoms with E-state index in [-0.39, 0.29) is 24.8 Å². The van der Waals surface area contributed by atoms with Crippen molar-refractivity contribution in [2.75, 3.05) is 0 Å². The van der Waals surface area contributed by atoms with E-state index < -0.39 is 21.8 Å². The predicted molar refractivity (Wildman–Crippen MR) is 80.1 cm³/mol. The second-order valence-corrected chi connectivity index (χ2v) is 13.0. The fourth-order valence-electron chi connectivity index (χ4n) is 3.34. The first-order chi connectivity index (χ1) is 9.20. The summed E-state index contributed by atoms with van der Waals surface area (Å²) in [5.74, 6) is 0.660. The standard InChI is InChI=1S/C11H11.C5H5.C2H5.2ClH.Zr/c1-8-3-6-11-9(2)4-5-10(11)7-8;1-2-4-5-3-1;1-2;;;/h3,5-7,9H,1-2H3;1-5H;1H2,2H3;2*1H;/q;;;;;+2/p-2. The molecule has 1 aromatic rings. The van der Waals surface area contributed by atoms with E-state index in [0.29, 0.717) is 5.92 Å². The van der Waals surface area contributed by atoms with Gasteiger partial charge in [0.05, 0.1) is 0 Å². The van der Waals surface area contributed by atoms with E-state index in [1.54, 1.807) is 5.56 Å². The molecule has 0 nitrogen and oxygen atoms in total. The molecule has 0 bridgehead atoms. The average molecular weight is 399 g/mol. The van der Waals surface area contributed by atoms with Gasteiger partial charge in [-0.05, 0) is 0 Å². The molecule has 0 heterocycles. The van der Waals surface area contributed by atoms with Gasteiger partial charge in [-0.3, -0.25) is 0 Å². The first-order valence-electron chi connectivity index (χ1n) is 7.24. The van der Waals surface area contributed by atoms with Crippen LogP contribution < -0.4 is 24.8 Å². The van der Waals surface area contributed by atoms with Crippen LogP contribution in [0.3, 0.4) is 0 Å². The summed E-state index contributed by atoms with van der Waals surface area (Å²) in [5, 5.41) is 0. The van der Waals surface area contributed by atoms with Crippen molar-refractivity contribution < 1.29 is 46.6 Å². The monoisotopic (exact) mass is 397 g/mol. The van der Waals surface area contributed by atoms with E-state index in [1.165, 1.54) is 15.3 Å². The Bertz CT molecular complexity index is 575. The van der Waals surface area contributed by atoms with Gasteiger partial charge in [0.2, 0.25) is 0 Å². The third kappa shape index (κ3) is 3.63. The van der Waals surface area contributed by atoms with Gasteiger partial charge in [-0.2, -0.15) is 0 Å². The number of rotatable bonds is 3. The molecule has 111 valence electrons. The van der Waals surface area contributed by atoms with E-state index in [2.05, 4.69) is 69.4 Å². The summed E-state index contributed by atoms with van der Waals surface area (Å²) in [7, 11) is 0. The average Bonchev–Trinajstić information content (AvgIpc) is 3.01. The normalized spacial score (nSPS) is 18.8. The molecule has 2 aliphatic rings. The molecular weight excluding hydrogens is 378 g/mol. The second kappa shape index (κ2) is 7.95. The van der Waals surface area contributed by atoms with Crippen LogP contribution in [0.4, 0.5) is 0 Å². The topological polar surface area (TPSA) is 0 Å². The summed E-state index contributed by atoms with van der Waals surface area (Å²) in [5.41, 5.74) is 4.42. The third-order valence-corrected chi connectivity index (χ3v) is 12.4. The second-order valence-electron chi connectivity index (χ2n) is 5.63. The molecule has 0 spiro atoms. The van der Waals surface area contributed by atoms with E-state index in [4.69, 9.17) is 0 Å². The first kappa shape index (κ1) is 19.0. The molecule has 0 amide bonds. The van der Waals surface area contributed by atoms with Crippen LogP contribution in [0, 0.1) is 6.92 Å². The first-order valence-corrected chi connectivity index (χ1v) is 11.6. The van der Waals surface area contributed by atoms with E-state index in [1.807, 2.05) is 3.28 Å². The number of allylic oxidation sites excluding steroid dienone is 5. The zero-order valence-electron chi connectivity index (χ0n) is 12.7. The van der Waals surface area contributed by atoms with Crippen molar-refractivity contribution >= 4 is 6.08 Å².